The molecule has 0 aliphatic carbocycles. The Bertz CT molecular complexity index is 458. The molecule has 1 saturated heterocycles. The van der Waals surface area contributed by atoms with E-state index in [2.05, 4.69) is 10.1 Å². The van der Waals surface area contributed by atoms with Crippen LogP contribution in [0.1, 0.15) is 44.2 Å². The van der Waals surface area contributed by atoms with E-state index in [4.69, 9.17) is 4.74 Å². The molecule has 112 valence electrons. The molecule has 1 aliphatic heterocycles. The third kappa shape index (κ3) is 3.56. The molecule has 0 bridgehead atoms. The summed E-state index contributed by atoms with van der Waals surface area (Å²) in [6.45, 7) is 8.35. The molecular weight excluding hydrogens is 256 g/mol. The predicted octanol–water partition coefficient (Wildman–Crippen LogP) is 1.53. The van der Waals surface area contributed by atoms with Crippen molar-refractivity contribution in [1.29, 1.82) is 0 Å². The van der Waals surface area contributed by atoms with Crippen LogP contribution in [0.15, 0.2) is 6.33 Å². The summed E-state index contributed by atoms with van der Waals surface area (Å²) in [5, 5.41) is 4.28. The Morgan fingerprint density at radius 2 is 2.30 bits per heavy atom. The van der Waals surface area contributed by atoms with Crippen LogP contribution in [0.3, 0.4) is 0 Å². The lowest BCUT2D eigenvalue weighted by atomic mass is 10.0. The number of hydrogen-bond donors (Lipinski definition) is 0. The van der Waals surface area contributed by atoms with Crippen molar-refractivity contribution in [2.45, 2.75) is 39.2 Å². The SMILES string of the molecule is CN(CC1CCCOC1)C(=O)c1ncn(C(C)(C)C)n1. The highest BCUT2D eigenvalue weighted by Gasteiger charge is 2.23. The van der Waals surface area contributed by atoms with Crippen LogP contribution in [0.4, 0.5) is 0 Å². The number of carbonyl (C=O) groups is 1. The van der Waals surface area contributed by atoms with E-state index in [1.54, 1.807) is 23.0 Å². The molecule has 6 heteroatoms. The normalized spacial score (nSPS) is 19.9. The van der Waals surface area contributed by atoms with Crippen molar-refractivity contribution in [2.75, 3.05) is 26.8 Å². The van der Waals surface area contributed by atoms with E-state index >= 15 is 0 Å². The second kappa shape index (κ2) is 5.91. The maximum atomic E-state index is 12.3. The fraction of sp³-hybridized carbons (Fsp3) is 0.786. The minimum atomic E-state index is -0.165. The molecule has 0 N–H and O–H groups in total. The maximum absolute atomic E-state index is 12.3. The van der Waals surface area contributed by atoms with Crippen molar-refractivity contribution in [3.05, 3.63) is 12.2 Å². The minimum absolute atomic E-state index is 0.126. The van der Waals surface area contributed by atoms with Crippen LogP contribution in [0.2, 0.25) is 0 Å². The average Bonchev–Trinajstić information content (AvgIpc) is 2.88. The maximum Gasteiger partial charge on any atom is 0.293 e. The number of hydrogen-bond acceptors (Lipinski definition) is 4. The van der Waals surface area contributed by atoms with Gasteiger partial charge in [-0.05, 0) is 39.5 Å². The Labute approximate surface area is 120 Å². The van der Waals surface area contributed by atoms with Gasteiger partial charge in [0.05, 0.1) is 12.1 Å². The smallest absolute Gasteiger partial charge is 0.293 e. The van der Waals surface area contributed by atoms with Crippen molar-refractivity contribution in [3.8, 4) is 0 Å². The van der Waals surface area contributed by atoms with Crippen LogP contribution in [-0.2, 0) is 10.3 Å². The average molecular weight is 280 g/mol. The van der Waals surface area contributed by atoms with E-state index < -0.39 is 0 Å². The number of aromatic nitrogens is 3. The Hall–Kier alpha value is -1.43. The highest BCUT2D eigenvalue weighted by Crippen LogP contribution is 2.16. The highest BCUT2D eigenvalue weighted by atomic mass is 16.5. The molecular formula is C14H24N4O2. The van der Waals surface area contributed by atoms with Crippen LogP contribution in [0.25, 0.3) is 0 Å². The van der Waals surface area contributed by atoms with Gasteiger partial charge < -0.3 is 9.64 Å². The third-order valence-electron chi connectivity index (χ3n) is 3.50. The van der Waals surface area contributed by atoms with Gasteiger partial charge in [0.15, 0.2) is 0 Å². The largest absolute Gasteiger partial charge is 0.381 e. The molecule has 20 heavy (non-hydrogen) atoms. The van der Waals surface area contributed by atoms with E-state index in [1.165, 1.54) is 0 Å². The zero-order chi connectivity index (χ0) is 14.8. The Morgan fingerprint density at radius 1 is 1.55 bits per heavy atom. The van der Waals surface area contributed by atoms with Gasteiger partial charge in [0.1, 0.15) is 6.33 Å². The van der Waals surface area contributed by atoms with E-state index in [0.717, 1.165) is 26.1 Å². The number of ether oxygens (including phenoxy) is 1. The van der Waals surface area contributed by atoms with Crippen molar-refractivity contribution in [1.82, 2.24) is 19.7 Å². The Morgan fingerprint density at radius 3 is 2.85 bits per heavy atom. The number of carbonyl (C=O) groups excluding carboxylic acids is 1. The zero-order valence-electron chi connectivity index (χ0n) is 12.8. The molecule has 1 atom stereocenters. The van der Waals surface area contributed by atoms with Crippen LogP contribution in [0, 0.1) is 5.92 Å². The second-order valence-electron chi connectivity index (χ2n) is 6.45. The first-order chi connectivity index (χ1) is 9.38. The van der Waals surface area contributed by atoms with Crippen molar-refractivity contribution in [2.24, 2.45) is 5.92 Å². The standard InChI is InChI=1S/C14H24N4O2/c1-14(2,3)18-10-15-12(16-18)13(19)17(4)8-11-6-5-7-20-9-11/h10-11H,5-9H2,1-4H3. The molecule has 0 radical (unpaired) electrons. The van der Waals surface area contributed by atoms with E-state index in [1.807, 2.05) is 20.8 Å². The number of rotatable bonds is 3. The molecule has 0 spiro atoms. The summed E-state index contributed by atoms with van der Waals surface area (Å²) in [5.74, 6) is 0.556. The Balaban J connectivity index is 1.97. The second-order valence-corrected chi connectivity index (χ2v) is 6.45. The predicted molar refractivity (Wildman–Crippen MR) is 75.5 cm³/mol. The van der Waals surface area contributed by atoms with Gasteiger partial charge in [-0.15, -0.1) is 5.10 Å². The fourth-order valence-corrected chi connectivity index (χ4v) is 2.28. The minimum Gasteiger partial charge on any atom is -0.381 e. The molecule has 1 unspecified atom stereocenters. The van der Waals surface area contributed by atoms with Gasteiger partial charge >= 0.3 is 0 Å². The molecule has 2 rings (SSSR count). The van der Waals surface area contributed by atoms with E-state index in [-0.39, 0.29) is 17.3 Å². The monoisotopic (exact) mass is 280 g/mol. The summed E-state index contributed by atoms with van der Waals surface area (Å²) in [6, 6.07) is 0. The summed E-state index contributed by atoms with van der Waals surface area (Å²) in [7, 11) is 1.80. The first-order valence-electron chi connectivity index (χ1n) is 7.13. The first-order valence-corrected chi connectivity index (χ1v) is 7.13. The fourth-order valence-electron chi connectivity index (χ4n) is 2.28. The van der Waals surface area contributed by atoms with Gasteiger partial charge in [0, 0.05) is 20.2 Å². The molecule has 1 aromatic rings. The van der Waals surface area contributed by atoms with Gasteiger partial charge in [-0.25, -0.2) is 9.67 Å². The lowest BCUT2D eigenvalue weighted by Gasteiger charge is -2.26. The summed E-state index contributed by atoms with van der Waals surface area (Å²) >= 11 is 0. The third-order valence-corrected chi connectivity index (χ3v) is 3.50. The topological polar surface area (TPSA) is 60.2 Å². The van der Waals surface area contributed by atoms with E-state index in [0.29, 0.717) is 12.5 Å². The van der Waals surface area contributed by atoms with Gasteiger partial charge in [0.2, 0.25) is 5.82 Å². The summed E-state index contributed by atoms with van der Waals surface area (Å²) < 4.78 is 7.16. The summed E-state index contributed by atoms with van der Waals surface area (Å²) in [4.78, 5) is 18.1. The van der Waals surface area contributed by atoms with Crippen LogP contribution in [0.5, 0.6) is 0 Å². The van der Waals surface area contributed by atoms with Gasteiger partial charge in [-0.1, -0.05) is 0 Å². The van der Waals surface area contributed by atoms with Crippen molar-refractivity contribution in [3.63, 3.8) is 0 Å². The van der Waals surface area contributed by atoms with Gasteiger partial charge in [-0.3, -0.25) is 4.79 Å². The first kappa shape index (κ1) is 15.0. The quantitative estimate of drug-likeness (QED) is 0.842. The van der Waals surface area contributed by atoms with Gasteiger partial charge in [0.25, 0.3) is 5.91 Å². The zero-order valence-corrected chi connectivity index (χ0v) is 12.8. The van der Waals surface area contributed by atoms with Crippen molar-refractivity contribution >= 4 is 5.91 Å². The van der Waals surface area contributed by atoms with Gasteiger partial charge in [-0.2, -0.15) is 0 Å². The molecule has 1 fully saturated rings. The molecule has 2 heterocycles. The Kier molecular flexibility index (Phi) is 4.42. The van der Waals surface area contributed by atoms with Crippen LogP contribution >= 0.6 is 0 Å². The summed E-state index contributed by atoms with van der Waals surface area (Å²) in [6.07, 6.45) is 3.80. The molecule has 1 amide bonds. The van der Waals surface area contributed by atoms with Crippen molar-refractivity contribution < 1.29 is 9.53 Å². The molecule has 1 aromatic heterocycles. The van der Waals surface area contributed by atoms with Crippen LogP contribution < -0.4 is 0 Å². The molecule has 6 nitrogen and oxygen atoms in total. The highest BCUT2D eigenvalue weighted by molar-refractivity contribution is 5.90. The lowest BCUT2D eigenvalue weighted by Crippen LogP contribution is -2.35. The molecule has 0 saturated carbocycles. The van der Waals surface area contributed by atoms with E-state index in [9.17, 15) is 4.79 Å². The lowest BCUT2D eigenvalue weighted by molar-refractivity contribution is 0.0384. The molecule has 1 aliphatic rings. The molecule has 0 aromatic carbocycles. The number of nitrogens with zero attached hydrogens (tertiary/aromatic N) is 4. The van der Waals surface area contributed by atoms with Crippen LogP contribution in [-0.4, -0.2) is 52.4 Å². The summed E-state index contributed by atoms with van der Waals surface area (Å²) in [5.41, 5.74) is -0.165. The number of amides is 1.